The first-order valence-corrected chi connectivity index (χ1v) is 12.8. The number of hydrogen-bond acceptors (Lipinski definition) is 6. The molecule has 2 amide bonds. The molecule has 2 aromatic carbocycles. The number of carbonyl (C=O) groups is 3. The number of hydrogen-bond donors (Lipinski definition) is 1. The zero-order valence-electron chi connectivity index (χ0n) is 20.5. The number of carbonyl (C=O) groups excluding carboxylic acids is 3. The minimum atomic E-state index is -0.475. The monoisotopic (exact) mass is 502 g/mol. The molecule has 8 heteroatoms. The van der Waals surface area contributed by atoms with Crippen LogP contribution in [0, 0.1) is 0 Å². The van der Waals surface area contributed by atoms with Gasteiger partial charge in [-0.25, -0.2) is 4.79 Å². The maximum Gasteiger partial charge on any atom is 0.344 e. The number of rotatable bonds is 7. The fourth-order valence-electron chi connectivity index (χ4n) is 3.58. The van der Waals surface area contributed by atoms with E-state index in [2.05, 4.69) is 5.32 Å². The maximum absolute atomic E-state index is 12.8. The van der Waals surface area contributed by atoms with Crippen LogP contribution in [0.5, 0.6) is 5.75 Å². The average molecular weight is 503 g/mol. The van der Waals surface area contributed by atoms with Gasteiger partial charge in [0.15, 0.2) is 6.61 Å². The molecule has 0 saturated carbocycles. The van der Waals surface area contributed by atoms with Crippen molar-refractivity contribution in [1.29, 1.82) is 0 Å². The van der Waals surface area contributed by atoms with Gasteiger partial charge < -0.3 is 19.7 Å². The van der Waals surface area contributed by atoms with Gasteiger partial charge in [-0.15, -0.1) is 11.8 Å². The molecule has 0 bridgehead atoms. The second-order valence-corrected chi connectivity index (χ2v) is 8.11. The second kappa shape index (κ2) is 15.1. The van der Waals surface area contributed by atoms with E-state index in [-0.39, 0.29) is 37.8 Å². The van der Waals surface area contributed by atoms with Crippen molar-refractivity contribution in [2.45, 2.75) is 60.1 Å². The third-order valence-electron chi connectivity index (χ3n) is 5.01. The van der Waals surface area contributed by atoms with E-state index in [0.717, 1.165) is 11.1 Å². The quantitative estimate of drug-likeness (QED) is 0.524. The van der Waals surface area contributed by atoms with Crippen molar-refractivity contribution in [3.8, 4) is 5.75 Å². The largest absolute Gasteiger partial charge is 0.482 e. The molecule has 2 aliphatic rings. The summed E-state index contributed by atoms with van der Waals surface area (Å²) in [7, 11) is 0. The summed E-state index contributed by atoms with van der Waals surface area (Å²) in [5.74, 6) is 0.292. The van der Waals surface area contributed by atoms with E-state index in [0.29, 0.717) is 23.6 Å². The molecule has 1 N–H and O–H groups in total. The van der Waals surface area contributed by atoms with Crippen LogP contribution in [0.15, 0.2) is 48.5 Å². The van der Waals surface area contributed by atoms with Gasteiger partial charge in [0.25, 0.3) is 5.91 Å². The molecule has 35 heavy (non-hydrogen) atoms. The third kappa shape index (κ3) is 7.24. The number of amides is 2. The molecule has 1 fully saturated rings. The van der Waals surface area contributed by atoms with Gasteiger partial charge >= 0.3 is 5.97 Å². The number of ether oxygens (including phenoxy) is 2. The van der Waals surface area contributed by atoms with Crippen LogP contribution in [0.2, 0.25) is 0 Å². The van der Waals surface area contributed by atoms with Gasteiger partial charge in [-0.1, -0.05) is 65.5 Å². The molecule has 0 aromatic heterocycles. The van der Waals surface area contributed by atoms with E-state index in [1.54, 1.807) is 34.9 Å². The fraction of sp³-hybridized carbons (Fsp3) is 0.444. The Hall–Kier alpha value is -3.00. The van der Waals surface area contributed by atoms with Gasteiger partial charge in [0.2, 0.25) is 5.91 Å². The van der Waals surface area contributed by atoms with E-state index < -0.39 is 12.0 Å². The van der Waals surface area contributed by atoms with Gasteiger partial charge in [-0.3, -0.25) is 9.59 Å². The number of fused-ring (bicyclic) bond motifs is 3. The van der Waals surface area contributed by atoms with Crippen molar-refractivity contribution in [3.05, 3.63) is 65.2 Å². The molecular formula is C27H38N2O5S. The fourth-order valence-corrected chi connectivity index (χ4v) is 5.03. The summed E-state index contributed by atoms with van der Waals surface area (Å²) in [4.78, 5) is 38.7. The summed E-state index contributed by atoms with van der Waals surface area (Å²) in [5, 5.41) is 2.58. The summed E-state index contributed by atoms with van der Waals surface area (Å²) >= 11 is 1.56. The van der Waals surface area contributed by atoms with Crippen LogP contribution in [0.4, 0.5) is 0 Å². The summed E-state index contributed by atoms with van der Waals surface area (Å²) in [6.45, 7) is 10.4. The number of nitrogens with zero attached hydrogens (tertiary/aromatic N) is 1. The van der Waals surface area contributed by atoms with Gasteiger partial charge in [0.1, 0.15) is 23.8 Å². The van der Waals surface area contributed by atoms with Gasteiger partial charge in [0, 0.05) is 23.4 Å². The number of likely N-dealkylation sites (N-methyl/N-ethyl adjacent to an activating group) is 1. The lowest BCUT2D eigenvalue weighted by Gasteiger charge is -2.22. The lowest BCUT2D eigenvalue weighted by atomic mass is 10.1. The SMILES string of the molecule is C.CC.CC.CCNC(=O)C1CSC2c3cc(OCC(=O)OCc4ccccc4)ccc3C(=O)N12. The van der Waals surface area contributed by atoms with Crippen LogP contribution >= 0.6 is 11.8 Å². The van der Waals surface area contributed by atoms with Gasteiger partial charge in [-0.05, 0) is 30.7 Å². The Bertz CT molecular complexity index is 967. The summed E-state index contributed by atoms with van der Waals surface area (Å²) in [6, 6.07) is 14.1. The topological polar surface area (TPSA) is 84.9 Å². The van der Waals surface area contributed by atoms with E-state index in [1.165, 1.54) is 0 Å². The zero-order chi connectivity index (χ0) is 25.1. The zero-order valence-corrected chi connectivity index (χ0v) is 21.3. The molecule has 1 saturated heterocycles. The predicted octanol–water partition coefficient (Wildman–Crippen LogP) is 5.20. The summed E-state index contributed by atoms with van der Waals surface area (Å²) in [5.41, 5.74) is 2.29. The van der Waals surface area contributed by atoms with Crippen molar-refractivity contribution < 1.29 is 23.9 Å². The number of benzene rings is 2. The minimum absolute atomic E-state index is 0. The molecule has 2 atom stereocenters. The Kier molecular flexibility index (Phi) is 12.9. The van der Waals surface area contributed by atoms with E-state index >= 15 is 0 Å². The predicted molar refractivity (Wildman–Crippen MR) is 141 cm³/mol. The second-order valence-electron chi connectivity index (χ2n) is 6.99. The molecule has 0 spiro atoms. The smallest absolute Gasteiger partial charge is 0.344 e. The molecule has 2 heterocycles. The average Bonchev–Trinajstić information content (AvgIpc) is 3.44. The van der Waals surface area contributed by atoms with Crippen LogP contribution in [0.3, 0.4) is 0 Å². The van der Waals surface area contributed by atoms with Crippen LogP contribution < -0.4 is 10.1 Å². The lowest BCUT2D eigenvalue weighted by molar-refractivity contribution is -0.147. The van der Waals surface area contributed by atoms with Crippen LogP contribution in [-0.4, -0.2) is 47.6 Å². The molecule has 2 unspecified atom stereocenters. The normalized spacial score (nSPS) is 16.8. The summed E-state index contributed by atoms with van der Waals surface area (Å²) in [6.07, 6.45) is 0. The van der Waals surface area contributed by atoms with Crippen molar-refractivity contribution in [2.24, 2.45) is 0 Å². The van der Waals surface area contributed by atoms with Crippen molar-refractivity contribution in [1.82, 2.24) is 10.2 Å². The van der Waals surface area contributed by atoms with E-state index in [9.17, 15) is 14.4 Å². The molecule has 4 rings (SSSR count). The highest BCUT2D eigenvalue weighted by Crippen LogP contribution is 2.49. The first-order chi connectivity index (χ1) is 16.6. The minimum Gasteiger partial charge on any atom is -0.482 e. The first-order valence-electron chi connectivity index (χ1n) is 11.8. The molecule has 2 aliphatic heterocycles. The Balaban J connectivity index is 0.00000117. The van der Waals surface area contributed by atoms with Crippen LogP contribution in [0.25, 0.3) is 0 Å². The Morgan fingerprint density at radius 2 is 1.77 bits per heavy atom. The van der Waals surface area contributed by atoms with Gasteiger partial charge in [0.05, 0.1) is 0 Å². The third-order valence-corrected chi connectivity index (χ3v) is 6.31. The molecule has 7 nitrogen and oxygen atoms in total. The maximum atomic E-state index is 12.8. The molecule has 0 aliphatic carbocycles. The van der Waals surface area contributed by atoms with Crippen molar-refractivity contribution in [3.63, 3.8) is 0 Å². The van der Waals surface area contributed by atoms with Crippen molar-refractivity contribution in [2.75, 3.05) is 18.9 Å². The van der Waals surface area contributed by atoms with E-state index in [1.807, 2.05) is 65.0 Å². The Morgan fingerprint density at radius 3 is 2.43 bits per heavy atom. The highest BCUT2D eigenvalue weighted by atomic mass is 32.2. The molecule has 0 radical (unpaired) electrons. The van der Waals surface area contributed by atoms with Crippen molar-refractivity contribution >= 4 is 29.5 Å². The number of thioether (sulfide) groups is 1. The lowest BCUT2D eigenvalue weighted by Crippen LogP contribution is -2.45. The van der Waals surface area contributed by atoms with Crippen LogP contribution in [0.1, 0.15) is 68.9 Å². The first kappa shape index (κ1) is 30.0. The Labute approximate surface area is 213 Å². The number of nitrogens with one attached hydrogen (secondary N) is 1. The summed E-state index contributed by atoms with van der Waals surface area (Å²) < 4.78 is 10.8. The molecule has 2 aromatic rings. The standard InChI is InChI=1S/C22H22N2O5S.2C2H6.CH4/c1-2-23-20(26)18-13-30-22-17-10-15(8-9-16(17)21(27)24(18)22)28-12-19(25)29-11-14-6-4-3-5-7-14;2*1-2;/h3-10,18,22H,2,11-13H2,1H3,(H,23,26);2*1-2H3;1H4. The molecular weight excluding hydrogens is 464 g/mol. The van der Waals surface area contributed by atoms with E-state index in [4.69, 9.17) is 9.47 Å². The molecule has 192 valence electrons. The highest BCUT2D eigenvalue weighted by molar-refractivity contribution is 7.99. The number of esters is 1. The van der Waals surface area contributed by atoms with Gasteiger partial charge in [-0.2, -0.15) is 0 Å². The van der Waals surface area contributed by atoms with Crippen LogP contribution in [-0.2, 0) is 20.9 Å². The highest BCUT2D eigenvalue weighted by Gasteiger charge is 2.48. The Morgan fingerprint density at radius 1 is 1.09 bits per heavy atom.